The van der Waals surface area contributed by atoms with E-state index in [1.807, 2.05) is 0 Å². The minimum atomic E-state index is 0.112. The van der Waals surface area contributed by atoms with Crippen molar-refractivity contribution in [1.82, 2.24) is 0 Å². The Balaban J connectivity index is 1.94. The van der Waals surface area contributed by atoms with E-state index < -0.39 is 0 Å². The van der Waals surface area contributed by atoms with E-state index in [9.17, 15) is 4.79 Å². The van der Waals surface area contributed by atoms with Crippen molar-refractivity contribution in [3.05, 3.63) is 0 Å². The van der Waals surface area contributed by atoms with Crippen molar-refractivity contribution in [3.8, 4) is 0 Å². The lowest BCUT2D eigenvalue weighted by atomic mass is 9.54. The van der Waals surface area contributed by atoms with Gasteiger partial charge in [-0.25, -0.2) is 0 Å². The molecule has 0 amide bonds. The molecule has 1 spiro atoms. The summed E-state index contributed by atoms with van der Waals surface area (Å²) in [5.41, 5.74) is 0.112. The van der Waals surface area contributed by atoms with Crippen molar-refractivity contribution in [2.75, 3.05) is 7.11 Å². The van der Waals surface area contributed by atoms with Gasteiger partial charge in [0.1, 0.15) is 5.78 Å². The molecule has 2 fully saturated rings. The summed E-state index contributed by atoms with van der Waals surface area (Å²) in [6, 6.07) is 0. The van der Waals surface area contributed by atoms with Gasteiger partial charge in [-0.2, -0.15) is 0 Å². The first-order chi connectivity index (χ1) is 4.77. The van der Waals surface area contributed by atoms with Crippen molar-refractivity contribution in [2.45, 2.75) is 31.8 Å². The van der Waals surface area contributed by atoms with Crippen LogP contribution < -0.4 is 0 Å². The first kappa shape index (κ1) is 6.35. The smallest absolute Gasteiger partial charge is 0.139 e. The van der Waals surface area contributed by atoms with E-state index >= 15 is 0 Å². The van der Waals surface area contributed by atoms with Crippen LogP contribution in [0.4, 0.5) is 0 Å². The first-order valence-corrected chi connectivity index (χ1v) is 3.83. The Morgan fingerprint density at radius 2 is 2.30 bits per heavy atom. The normalized spacial score (nSPS) is 44.9. The van der Waals surface area contributed by atoms with Crippen molar-refractivity contribution in [1.29, 1.82) is 0 Å². The number of hydrogen-bond acceptors (Lipinski definition) is 2. The van der Waals surface area contributed by atoms with Crippen molar-refractivity contribution >= 4 is 5.78 Å². The zero-order valence-electron chi connectivity index (χ0n) is 6.22. The number of hydrogen-bond donors (Lipinski definition) is 0. The van der Waals surface area contributed by atoms with E-state index in [0.717, 1.165) is 25.7 Å². The van der Waals surface area contributed by atoms with Gasteiger partial charge in [-0.1, -0.05) is 0 Å². The van der Waals surface area contributed by atoms with Crippen LogP contribution in [0.3, 0.4) is 0 Å². The highest BCUT2D eigenvalue weighted by Gasteiger charge is 2.54. The van der Waals surface area contributed by atoms with E-state index in [1.54, 1.807) is 7.11 Å². The molecule has 2 aliphatic rings. The first-order valence-electron chi connectivity index (χ1n) is 3.83. The van der Waals surface area contributed by atoms with Gasteiger partial charge in [-0.15, -0.1) is 0 Å². The summed E-state index contributed by atoms with van der Waals surface area (Å²) < 4.78 is 5.11. The molecule has 0 radical (unpaired) electrons. The molecule has 2 saturated carbocycles. The second-order valence-electron chi connectivity index (χ2n) is 3.47. The number of Topliss-reactive ketones (excluding diaryl/α,β-unsaturated/α-hetero) is 1. The van der Waals surface area contributed by atoms with Crippen molar-refractivity contribution in [2.24, 2.45) is 5.41 Å². The predicted molar refractivity (Wildman–Crippen MR) is 36.7 cm³/mol. The van der Waals surface area contributed by atoms with Crippen LogP contribution in [0.15, 0.2) is 0 Å². The average molecular weight is 140 g/mol. The molecule has 2 aliphatic carbocycles. The molecule has 0 aromatic rings. The molecule has 2 nitrogen and oxygen atoms in total. The fraction of sp³-hybridized carbons (Fsp3) is 0.875. The van der Waals surface area contributed by atoms with E-state index in [2.05, 4.69) is 0 Å². The number of ketones is 1. The van der Waals surface area contributed by atoms with Gasteiger partial charge in [0.2, 0.25) is 0 Å². The van der Waals surface area contributed by atoms with E-state index in [-0.39, 0.29) is 5.41 Å². The summed E-state index contributed by atoms with van der Waals surface area (Å²) in [7, 11) is 1.72. The van der Waals surface area contributed by atoms with Gasteiger partial charge < -0.3 is 4.74 Å². The lowest BCUT2D eigenvalue weighted by molar-refractivity contribution is -0.159. The largest absolute Gasteiger partial charge is 0.381 e. The Morgan fingerprint density at radius 3 is 2.60 bits per heavy atom. The van der Waals surface area contributed by atoms with E-state index in [4.69, 9.17) is 4.74 Å². The number of methoxy groups -OCH3 is 1. The lowest BCUT2D eigenvalue weighted by Crippen LogP contribution is -2.53. The average Bonchev–Trinajstić information content (AvgIpc) is 1.83. The molecule has 10 heavy (non-hydrogen) atoms. The van der Waals surface area contributed by atoms with Crippen LogP contribution in [0.5, 0.6) is 0 Å². The van der Waals surface area contributed by atoms with E-state index in [0.29, 0.717) is 11.9 Å². The molecule has 0 aliphatic heterocycles. The number of ether oxygens (including phenoxy) is 1. The lowest BCUT2D eigenvalue weighted by Gasteiger charge is -2.51. The molecule has 2 heteroatoms. The van der Waals surface area contributed by atoms with Gasteiger partial charge in [-0.3, -0.25) is 4.79 Å². The van der Waals surface area contributed by atoms with Crippen LogP contribution in [0, 0.1) is 5.41 Å². The van der Waals surface area contributed by atoms with Gasteiger partial charge in [0.05, 0.1) is 6.10 Å². The Labute approximate surface area is 60.6 Å². The van der Waals surface area contributed by atoms with Crippen LogP contribution in [0.2, 0.25) is 0 Å². The molecule has 0 saturated heterocycles. The highest BCUT2D eigenvalue weighted by atomic mass is 16.5. The highest BCUT2D eigenvalue weighted by Crippen LogP contribution is 2.53. The molecule has 0 aromatic carbocycles. The van der Waals surface area contributed by atoms with Gasteiger partial charge in [0.15, 0.2) is 0 Å². The summed E-state index contributed by atoms with van der Waals surface area (Å²) in [5.74, 6) is 0.473. The van der Waals surface area contributed by atoms with Crippen LogP contribution in [-0.4, -0.2) is 19.0 Å². The zero-order chi connectivity index (χ0) is 7.19. The van der Waals surface area contributed by atoms with Crippen molar-refractivity contribution in [3.63, 3.8) is 0 Å². The Hall–Kier alpha value is -0.370. The molecular formula is C8H12O2. The van der Waals surface area contributed by atoms with Crippen LogP contribution in [-0.2, 0) is 9.53 Å². The Kier molecular flexibility index (Phi) is 1.15. The maximum atomic E-state index is 11.0. The molecule has 0 unspecified atom stereocenters. The van der Waals surface area contributed by atoms with Gasteiger partial charge in [0, 0.05) is 18.9 Å². The topological polar surface area (TPSA) is 26.3 Å². The summed E-state index contributed by atoms with van der Waals surface area (Å²) >= 11 is 0. The van der Waals surface area contributed by atoms with Gasteiger partial charge in [0.25, 0.3) is 0 Å². The summed E-state index contributed by atoms with van der Waals surface area (Å²) in [6.07, 6.45) is 4.29. The van der Waals surface area contributed by atoms with Crippen LogP contribution in [0.1, 0.15) is 25.7 Å². The quantitative estimate of drug-likeness (QED) is 0.546. The summed E-state index contributed by atoms with van der Waals surface area (Å²) in [6.45, 7) is 0. The third-order valence-corrected chi connectivity index (χ3v) is 2.99. The molecule has 0 aromatic heterocycles. The number of carbonyl (C=O) groups is 1. The molecule has 0 N–H and O–H groups in total. The molecule has 0 bridgehead atoms. The zero-order valence-corrected chi connectivity index (χ0v) is 6.22. The van der Waals surface area contributed by atoms with E-state index in [1.165, 1.54) is 0 Å². The summed E-state index contributed by atoms with van der Waals surface area (Å²) in [4.78, 5) is 11.0. The number of carbonyl (C=O) groups excluding carboxylic acids is 1. The SMILES string of the molecule is COC1CC2(CCC2=O)C1. The standard InChI is InChI=1S/C8H12O2/c1-10-6-4-8(5-6)3-2-7(8)9/h6H,2-5H2,1H3. The third kappa shape index (κ3) is 0.601. The molecule has 2 rings (SSSR count). The third-order valence-electron chi connectivity index (χ3n) is 2.99. The van der Waals surface area contributed by atoms with Crippen molar-refractivity contribution < 1.29 is 9.53 Å². The predicted octanol–water partition coefficient (Wildman–Crippen LogP) is 1.14. The fourth-order valence-electron chi connectivity index (χ4n) is 1.99. The Morgan fingerprint density at radius 1 is 1.60 bits per heavy atom. The molecule has 56 valence electrons. The second-order valence-corrected chi connectivity index (χ2v) is 3.47. The maximum Gasteiger partial charge on any atom is 0.139 e. The molecular weight excluding hydrogens is 128 g/mol. The fourth-order valence-corrected chi connectivity index (χ4v) is 1.99. The Bertz CT molecular complexity index is 168. The highest BCUT2D eigenvalue weighted by molar-refractivity contribution is 5.91. The van der Waals surface area contributed by atoms with Crippen LogP contribution >= 0.6 is 0 Å². The summed E-state index contributed by atoms with van der Waals surface area (Å²) in [5, 5.41) is 0. The minimum Gasteiger partial charge on any atom is -0.381 e. The molecule has 0 heterocycles. The van der Waals surface area contributed by atoms with Gasteiger partial charge in [-0.05, 0) is 19.3 Å². The molecule has 0 atom stereocenters. The van der Waals surface area contributed by atoms with Gasteiger partial charge >= 0.3 is 0 Å². The maximum absolute atomic E-state index is 11.0. The van der Waals surface area contributed by atoms with Crippen LogP contribution in [0.25, 0.3) is 0 Å². The number of rotatable bonds is 1. The monoisotopic (exact) mass is 140 g/mol. The minimum absolute atomic E-state index is 0.112. The second kappa shape index (κ2) is 1.82.